The highest BCUT2D eigenvalue weighted by Gasteiger charge is 2.12. The van der Waals surface area contributed by atoms with E-state index in [0.29, 0.717) is 0 Å². The average Bonchev–Trinajstić information content (AvgIpc) is 2.11. The number of carbonyl (C=O) groups excluding carboxylic acids is 1. The lowest BCUT2D eigenvalue weighted by Gasteiger charge is -2.06. The summed E-state index contributed by atoms with van der Waals surface area (Å²) in [5.41, 5.74) is 0. The maximum Gasteiger partial charge on any atom is 0.318 e. The number of hydrogen-bond acceptors (Lipinski definition) is 3. The second kappa shape index (κ2) is 7.73. The van der Waals surface area contributed by atoms with Crippen LogP contribution in [0.1, 0.15) is 20.3 Å². The lowest BCUT2D eigenvalue weighted by Crippen LogP contribution is -2.18. The van der Waals surface area contributed by atoms with Crippen LogP contribution in [0.2, 0.25) is 0 Å². The Morgan fingerprint density at radius 3 is 2.47 bits per heavy atom. The van der Waals surface area contributed by atoms with Gasteiger partial charge in [0.2, 0.25) is 6.43 Å². The molecule has 0 heterocycles. The summed E-state index contributed by atoms with van der Waals surface area (Å²) in [6.45, 7) is 4.02. The van der Waals surface area contributed by atoms with Crippen molar-refractivity contribution in [2.75, 3.05) is 18.1 Å². The molecular weight excluding hydrogens is 226 g/mol. The molecule has 0 aliphatic rings. The molecule has 0 saturated carbocycles. The molecule has 6 heteroatoms. The molecule has 0 rings (SSSR count). The Labute approximate surface area is 90.6 Å². The van der Waals surface area contributed by atoms with Crippen molar-refractivity contribution in [3.63, 3.8) is 0 Å². The Kier molecular flexibility index (Phi) is 7.46. The molecule has 0 aromatic heterocycles. The second-order valence-corrected chi connectivity index (χ2v) is 5.12. The van der Waals surface area contributed by atoms with Gasteiger partial charge in [-0.1, -0.05) is 13.8 Å². The normalized spacial score (nSPS) is 13.2. The van der Waals surface area contributed by atoms with Gasteiger partial charge in [0.15, 0.2) is 0 Å². The molecule has 0 aliphatic carbocycles. The van der Waals surface area contributed by atoms with Crippen LogP contribution in [0.3, 0.4) is 0 Å². The molecular formula is C9H16F2O3S. The van der Waals surface area contributed by atoms with Crippen LogP contribution in [0, 0.1) is 5.92 Å². The van der Waals surface area contributed by atoms with Crippen molar-refractivity contribution in [3.05, 3.63) is 0 Å². The molecule has 1 unspecified atom stereocenters. The van der Waals surface area contributed by atoms with E-state index in [1.807, 2.05) is 13.8 Å². The lowest BCUT2D eigenvalue weighted by molar-refractivity contribution is -0.141. The lowest BCUT2D eigenvalue weighted by atomic mass is 10.2. The standard InChI is InChI=1S/C9H16F2O3S/c1-7(2)5-14-9(12)6-15(13)4-3-8(10)11/h7-8H,3-6H2,1-2H3. The van der Waals surface area contributed by atoms with Crippen molar-refractivity contribution in [1.82, 2.24) is 0 Å². The van der Waals surface area contributed by atoms with Crippen LogP contribution in [0.5, 0.6) is 0 Å². The van der Waals surface area contributed by atoms with Crippen molar-refractivity contribution in [3.8, 4) is 0 Å². The number of carbonyl (C=O) groups is 1. The third-order valence-corrected chi connectivity index (χ3v) is 2.67. The van der Waals surface area contributed by atoms with E-state index in [9.17, 15) is 17.8 Å². The fraction of sp³-hybridized carbons (Fsp3) is 0.889. The molecule has 15 heavy (non-hydrogen) atoms. The molecule has 0 radical (unpaired) electrons. The zero-order valence-electron chi connectivity index (χ0n) is 8.87. The van der Waals surface area contributed by atoms with Crippen LogP contribution < -0.4 is 0 Å². The first-order chi connectivity index (χ1) is 6.91. The fourth-order valence-corrected chi connectivity index (χ4v) is 1.66. The number of esters is 1. The molecule has 0 fully saturated rings. The quantitative estimate of drug-likeness (QED) is 0.637. The van der Waals surface area contributed by atoms with Crippen molar-refractivity contribution in [2.45, 2.75) is 26.7 Å². The van der Waals surface area contributed by atoms with Crippen LogP contribution in [0.25, 0.3) is 0 Å². The topological polar surface area (TPSA) is 43.4 Å². The summed E-state index contributed by atoms with van der Waals surface area (Å²) in [4.78, 5) is 11.0. The fourth-order valence-electron chi connectivity index (χ4n) is 0.725. The van der Waals surface area contributed by atoms with Crippen molar-refractivity contribution < 1.29 is 22.5 Å². The minimum Gasteiger partial charge on any atom is -0.465 e. The van der Waals surface area contributed by atoms with E-state index in [0.717, 1.165) is 0 Å². The second-order valence-electron chi connectivity index (χ2n) is 3.54. The van der Waals surface area contributed by atoms with E-state index in [-0.39, 0.29) is 24.0 Å². The first kappa shape index (κ1) is 14.5. The van der Waals surface area contributed by atoms with Gasteiger partial charge in [-0.2, -0.15) is 0 Å². The summed E-state index contributed by atoms with van der Waals surface area (Å²) < 4.78 is 39.3. The van der Waals surface area contributed by atoms with Crippen LogP contribution in [0.4, 0.5) is 8.78 Å². The Bertz CT molecular complexity index is 197. The summed E-state index contributed by atoms with van der Waals surface area (Å²) in [5.74, 6) is -0.826. The smallest absolute Gasteiger partial charge is 0.318 e. The third-order valence-electron chi connectivity index (χ3n) is 1.42. The van der Waals surface area contributed by atoms with Crippen LogP contribution >= 0.6 is 0 Å². The predicted molar refractivity (Wildman–Crippen MR) is 54.3 cm³/mol. The number of alkyl halides is 2. The van der Waals surface area contributed by atoms with Gasteiger partial charge in [0.1, 0.15) is 5.75 Å². The van der Waals surface area contributed by atoms with Crippen LogP contribution in [-0.4, -0.2) is 34.7 Å². The third kappa shape index (κ3) is 9.78. The number of hydrogen-bond donors (Lipinski definition) is 0. The van der Waals surface area contributed by atoms with E-state index in [1.165, 1.54) is 0 Å². The van der Waals surface area contributed by atoms with E-state index >= 15 is 0 Å². The summed E-state index contributed by atoms with van der Waals surface area (Å²) in [5, 5.41) is 0. The minimum absolute atomic E-state index is 0.158. The molecule has 0 N–H and O–H groups in total. The Morgan fingerprint density at radius 1 is 1.40 bits per heavy atom. The molecule has 3 nitrogen and oxygen atoms in total. The molecule has 0 spiro atoms. The summed E-state index contributed by atoms with van der Waals surface area (Å²) >= 11 is 0. The van der Waals surface area contributed by atoms with Crippen molar-refractivity contribution >= 4 is 16.8 Å². The van der Waals surface area contributed by atoms with Gasteiger partial charge >= 0.3 is 5.97 Å². The molecule has 0 aromatic rings. The molecule has 0 bridgehead atoms. The number of rotatable bonds is 7. The number of halogens is 2. The van der Waals surface area contributed by atoms with E-state index < -0.39 is 29.6 Å². The zero-order valence-corrected chi connectivity index (χ0v) is 9.69. The van der Waals surface area contributed by atoms with Gasteiger partial charge < -0.3 is 4.74 Å². The van der Waals surface area contributed by atoms with E-state index in [2.05, 4.69) is 0 Å². The molecule has 90 valence electrons. The summed E-state index contributed by atoms with van der Waals surface area (Å²) in [7, 11) is -1.54. The Morgan fingerprint density at radius 2 is 2.00 bits per heavy atom. The first-order valence-corrected chi connectivity index (χ1v) is 6.19. The van der Waals surface area contributed by atoms with E-state index in [4.69, 9.17) is 4.74 Å². The SMILES string of the molecule is CC(C)COC(=O)CS(=O)CCC(F)F. The van der Waals surface area contributed by atoms with Crippen LogP contribution in [-0.2, 0) is 20.3 Å². The van der Waals surface area contributed by atoms with Gasteiger partial charge in [-0.15, -0.1) is 0 Å². The highest BCUT2D eigenvalue weighted by molar-refractivity contribution is 7.85. The minimum atomic E-state index is -2.47. The first-order valence-electron chi connectivity index (χ1n) is 4.70. The largest absolute Gasteiger partial charge is 0.465 e. The molecule has 0 amide bonds. The van der Waals surface area contributed by atoms with Gasteiger partial charge in [0, 0.05) is 23.0 Å². The van der Waals surface area contributed by atoms with Gasteiger partial charge in [-0.25, -0.2) is 8.78 Å². The highest BCUT2D eigenvalue weighted by atomic mass is 32.2. The Balaban J connectivity index is 3.63. The molecule has 0 saturated heterocycles. The van der Waals surface area contributed by atoms with Gasteiger partial charge in [0.25, 0.3) is 0 Å². The maximum absolute atomic E-state index is 11.7. The van der Waals surface area contributed by atoms with Crippen LogP contribution in [0.15, 0.2) is 0 Å². The summed E-state index contributed by atoms with van der Waals surface area (Å²) in [6, 6.07) is 0. The van der Waals surface area contributed by atoms with Gasteiger partial charge in [0.05, 0.1) is 6.61 Å². The van der Waals surface area contributed by atoms with Gasteiger partial charge in [-0.3, -0.25) is 9.00 Å². The van der Waals surface area contributed by atoms with Gasteiger partial charge in [-0.05, 0) is 5.92 Å². The monoisotopic (exact) mass is 242 g/mol. The maximum atomic E-state index is 11.7. The Hall–Kier alpha value is -0.520. The highest BCUT2D eigenvalue weighted by Crippen LogP contribution is 2.01. The molecule has 0 aliphatic heterocycles. The predicted octanol–water partition coefficient (Wildman–Crippen LogP) is 1.59. The van der Waals surface area contributed by atoms with E-state index in [1.54, 1.807) is 0 Å². The molecule has 1 atom stereocenters. The zero-order chi connectivity index (χ0) is 11.8. The number of ether oxygens (including phenoxy) is 1. The summed E-state index contributed by atoms with van der Waals surface area (Å²) in [6.07, 6.45) is -2.91. The average molecular weight is 242 g/mol. The van der Waals surface area contributed by atoms with Crippen molar-refractivity contribution in [1.29, 1.82) is 0 Å². The molecule has 0 aromatic carbocycles. The van der Waals surface area contributed by atoms with Crippen molar-refractivity contribution in [2.24, 2.45) is 5.92 Å².